The molecule has 1 amide bonds. The van der Waals surface area contributed by atoms with Crippen molar-refractivity contribution in [2.24, 2.45) is 0 Å². The van der Waals surface area contributed by atoms with E-state index in [1.165, 1.54) is 12.8 Å². The highest BCUT2D eigenvalue weighted by atomic mass is 16.6. The number of benzene rings is 1. The molecular weight excluding hydrogens is 264 g/mol. The van der Waals surface area contributed by atoms with Crippen LogP contribution in [0.1, 0.15) is 53.9 Å². The molecule has 0 heterocycles. The molecule has 0 aromatic heterocycles. The molecule has 0 aliphatic carbocycles. The summed E-state index contributed by atoms with van der Waals surface area (Å²) in [6.45, 7) is 9.91. The molecule has 0 bridgehead atoms. The first kappa shape index (κ1) is 17.3. The van der Waals surface area contributed by atoms with Gasteiger partial charge in [0.25, 0.3) is 0 Å². The summed E-state index contributed by atoms with van der Waals surface area (Å²) in [5.74, 6) is 0. The molecule has 4 heteroatoms. The Balaban J connectivity index is 2.48. The molecule has 2 N–H and O–H groups in total. The zero-order chi connectivity index (χ0) is 15.9. The van der Waals surface area contributed by atoms with Crippen LogP contribution in [-0.4, -0.2) is 17.7 Å². The van der Waals surface area contributed by atoms with E-state index in [-0.39, 0.29) is 0 Å². The minimum Gasteiger partial charge on any atom is -0.444 e. The van der Waals surface area contributed by atoms with E-state index < -0.39 is 11.7 Å². The van der Waals surface area contributed by atoms with Gasteiger partial charge in [0.1, 0.15) is 5.60 Å². The van der Waals surface area contributed by atoms with Crippen molar-refractivity contribution in [2.75, 3.05) is 10.6 Å². The maximum atomic E-state index is 11.7. The summed E-state index contributed by atoms with van der Waals surface area (Å²) in [5, 5.41) is 6.18. The first-order chi connectivity index (χ1) is 9.80. The number of rotatable bonds is 6. The molecule has 4 nitrogen and oxygen atoms in total. The van der Waals surface area contributed by atoms with Gasteiger partial charge in [0.15, 0.2) is 0 Å². The molecule has 21 heavy (non-hydrogen) atoms. The Morgan fingerprint density at radius 2 is 1.76 bits per heavy atom. The van der Waals surface area contributed by atoms with Crippen molar-refractivity contribution in [3.05, 3.63) is 24.3 Å². The number of anilines is 2. The van der Waals surface area contributed by atoms with Gasteiger partial charge >= 0.3 is 6.09 Å². The molecule has 0 fully saturated rings. The number of hydrogen-bond acceptors (Lipinski definition) is 3. The molecule has 118 valence electrons. The van der Waals surface area contributed by atoms with Gasteiger partial charge in [-0.25, -0.2) is 4.79 Å². The van der Waals surface area contributed by atoms with Gasteiger partial charge < -0.3 is 10.1 Å². The SMILES string of the molecule is CCCCC(C)Nc1ccc(NC(=O)OC(C)(C)C)cc1. The molecule has 1 rings (SSSR count). The average Bonchev–Trinajstić information content (AvgIpc) is 2.36. The van der Waals surface area contributed by atoms with Crippen LogP contribution in [-0.2, 0) is 4.74 Å². The van der Waals surface area contributed by atoms with Gasteiger partial charge in [-0.1, -0.05) is 19.8 Å². The third-order valence-electron chi connectivity index (χ3n) is 2.93. The molecule has 1 aromatic rings. The summed E-state index contributed by atoms with van der Waals surface area (Å²) in [6, 6.07) is 8.14. The molecule has 0 saturated heterocycles. The van der Waals surface area contributed by atoms with Gasteiger partial charge in [-0.3, -0.25) is 5.32 Å². The number of hydrogen-bond donors (Lipinski definition) is 2. The second-order valence-electron chi connectivity index (χ2n) is 6.39. The Bertz CT molecular complexity index is 435. The number of carbonyl (C=O) groups excluding carboxylic acids is 1. The largest absolute Gasteiger partial charge is 0.444 e. The Morgan fingerprint density at radius 1 is 1.19 bits per heavy atom. The highest BCUT2D eigenvalue weighted by molar-refractivity contribution is 5.85. The number of carbonyl (C=O) groups is 1. The predicted molar refractivity (Wildman–Crippen MR) is 88.9 cm³/mol. The Labute approximate surface area is 128 Å². The van der Waals surface area contributed by atoms with Crippen LogP contribution in [0.4, 0.5) is 16.2 Å². The molecule has 0 aliphatic rings. The molecule has 1 atom stereocenters. The first-order valence-electron chi connectivity index (χ1n) is 7.67. The van der Waals surface area contributed by atoms with E-state index in [0.29, 0.717) is 6.04 Å². The molecule has 0 radical (unpaired) electrons. The maximum absolute atomic E-state index is 11.7. The molecule has 1 unspecified atom stereocenters. The summed E-state index contributed by atoms with van der Waals surface area (Å²) in [4.78, 5) is 11.7. The third kappa shape index (κ3) is 7.59. The molecular formula is C17H28N2O2. The number of nitrogens with one attached hydrogen (secondary N) is 2. The summed E-state index contributed by atoms with van der Waals surface area (Å²) in [6.07, 6.45) is 3.17. The van der Waals surface area contributed by atoms with Crippen LogP contribution >= 0.6 is 0 Å². The fourth-order valence-corrected chi connectivity index (χ4v) is 1.94. The van der Waals surface area contributed by atoms with Gasteiger partial charge in [-0.15, -0.1) is 0 Å². The summed E-state index contributed by atoms with van der Waals surface area (Å²) in [5.41, 5.74) is 1.31. The lowest BCUT2D eigenvalue weighted by Gasteiger charge is -2.20. The second-order valence-corrected chi connectivity index (χ2v) is 6.39. The fraction of sp³-hybridized carbons (Fsp3) is 0.588. The van der Waals surface area contributed by atoms with Crippen molar-refractivity contribution in [3.8, 4) is 0 Å². The molecule has 0 spiro atoms. The van der Waals surface area contributed by atoms with Crippen molar-refractivity contribution in [3.63, 3.8) is 0 Å². The summed E-state index contributed by atoms with van der Waals surface area (Å²) < 4.78 is 5.22. The Kier molecular flexibility index (Phi) is 6.53. The zero-order valence-corrected chi connectivity index (χ0v) is 13.8. The minimum absolute atomic E-state index is 0.431. The van der Waals surface area contributed by atoms with Crippen LogP contribution in [0.5, 0.6) is 0 Å². The van der Waals surface area contributed by atoms with Crippen LogP contribution in [0.2, 0.25) is 0 Å². The van der Waals surface area contributed by atoms with E-state index >= 15 is 0 Å². The summed E-state index contributed by atoms with van der Waals surface area (Å²) >= 11 is 0. The normalized spacial score (nSPS) is 12.6. The first-order valence-corrected chi connectivity index (χ1v) is 7.67. The monoisotopic (exact) mass is 292 g/mol. The lowest BCUT2D eigenvalue weighted by atomic mass is 10.1. The van der Waals surface area contributed by atoms with Crippen LogP contribution in [0.3, 0.4) is 0 Å². The number of amides is 1. The van der Waals surface area contributed by atoms with Gasteiger partial charge in [0.2, 0.25) is 0 Å². The molecule has 0 saturated carbocycles. The van der Waals surface area contributed by atoms with Gasteiger partial charge in [-0.2, -0.15) is 0 Å². The van der Waals surface area contributed by atoms with Gasteiger partial charge in [0.05, 0.1) is 0 Å². The molecule has 0 aliphatic heterocycles. The lowest BCUT2D eigenvalue weighted by Crippen LogP contribution is -2.27. The van der Waals surface area contributed by atoms with Crippen molar-refractivity contribution in [2.45, 2.75) is 65.5 Å². The van der Waals surface area contributed by atoms with Crippen molar-refractivity contribution in [1.82, 2.24) is 0 Å². The topological polar surface area (TPSA) is 50.4 Å². The van der Waals surface area contributed by atoms with Crippen molar-refractivity contribution < 1.29 is 9.53 Å². The second kappa shape index (κ2) is 7.91. The average molecular weight is 292 g/mol. The number of unbranched alkanes of at least 4 members (excludes halogenated alkanes) is 1. The van der Waals surface area contributed by atoms with Crippen LogP contribution in [0, 0.1) is 0 Å². The lowest BCUT2D eigenvalue weighted by molar-refractivity contribution is 0.0636. The fourth-order valence-electron chi connectivity index (χ4n) is 1.94. The Morgan fingerprint density at radius 3 is 2.29 bits per heavy atom. The van der Waals surface area contributed by atoms with Crippen LogP contribution < -0.4 is 10.6 Å². The highest BCUT2D eigenvalue weighted by Crippen LogP contribution is 2.17. The van der Waals surface area contributed by atoms with E-state index in [1.807, 2.05) is 45.0 Å². The minimum atomic E-state index is -0.486. The highest BCUT2D eigenvalue weighted by Gasteiger charge is 2.16. The molecule has 1 aromatic carbocycles. The van der Waals surface area contributed by atoms with E-state index in [2.05, 4.69) is 24.5 Å². The zero-order valence-electron chi connectivity index (χ0n) is 13.8. The van der Waals surface area contributed by atoms with E-state index in [0.717, 1.165) is 17.8 Å². The number of ether oxygens (including phenoxy) is 1. The van der Waals surface area contributed by atoms with Crippen molar-refractivity contribution in [1.29, 1.82) is 0 Å². The predicted octanol–water partition coefficient (Wildman–Crippen LogP) is 5.02. The van der Waals surface area contributed by atoms with Gasteiger partial charge in [0, 0.05) is 17.4 Å². The van der Waals surface area contributed by atoms with E-state index in [9.17, 15) is 4.79 Å². The van der Waals surface area contributed by atoms with E-state index in [4.69, 9.17) is 4.74 Å². The quantitative estimate of drug-likeness (QED) is 0.773. The van der Waals surface area contributed by atoms with Crippen LogP contribution in [0.25, 0.3) is 0 Å². The Hall–Kier alpha value is -1.71. The smallest absolute Gasteiger partial charge is 0.412 e. The van der Waals surface area contributed by atoms with Crippen LogP contribution in [0.15, 0.2) is 24.3 Å². The maximum Gasteiger partial charge on any atom is 0.412 e. The van der Waals surface area contributed by atoms with Crippen molar-refractivity contribution >= 4 is 17.5 Å². The van der Waals surface area contributed by atoms with E-state index in [1.54, 1.807) is 0 Å². The van der Waals surface area contributed by atoms with Gasteiger partial charge in [-0.05, 0) is 58.4 Å². The third-order valence-corrected chi connectivity index (χ3v) is 2.93. The standard InChI is InChI=1S/C17H28N2O2/c1-6-7-8-13(2)18-14-9-11-15(12-10-14)19-16(20)21-17(3,4)5/h9-13,18H,6-8H2,1-5H3,(H,19,20). The summed E-state index contributed by atoms with van der Waals surface area (Å²) in [7, 11) is 0.